The zero-order chi connectivity index (χ0) is 24.0. The summed E-state index contributed by atoms with van der Waals surface area (Å²) in [7, 11) is 0. The second-order valence-corrected chi connectivity index (χ2v) is 11.5. The molecule has 3 aliphatic rings. The van der Waals surface area contributed by atoms with E-state index < -0.39 is 0 Å². The lowest BCUT2D eigenvalue weighted by molar-refractivity contribution is -0.123. The highest BCUT2D eigenvalue weighted by Crippen LogP contribution is 2.35. The monoisotopic (exact) mass is 498 g/mol. The minimum Gasteiger partial charge on any atom is -0.376 e. The first kappa shape index (κ1) is 23.5. The lowest BCUT2D eigenvalue weighted by atomic mass is 9.91. The van der Waals surface area contributed by atoms with Gasteiger partial charge in [-0.25, -0.2) is 4.98 Å². The highest BCUT2D eigenvalue weighted by atomic mass is 32.2. The molecule has 0 aromatic carbocycles. The fourth-order valence-corrected chi connectivity index (χ4v) is 6.49. The van der Waals surface area contributed by atoms with Gasteiger partial charge < -0.3 is 9.64 Å². The Bertz CT molecular complexity index is 1220. The van der Waals surface area contributed by atoms with Crippen molar-refractivity contribution in [3.8, 4) is 0 Å². The van der Waals surface area contributed by atoms with Crippen LogP contribution in [0.4, 0.5) is 5.82 Å². The van der Waals surface area contributed by atoms with E-state index in [4.69, 9.17) is 21.9 Å². The van der Waals surface area contributed by atoms with Crippen LogP contribution in [0.25, 0.3) is 11.7 Å². The van der Waals surface area contributed by atoms with E-state index >= 15 is 0 Å². The maximum atomic E-state index is 13.7. The number of piperidine rings is 1. The van der Waals surface area contributed by atoms with E-state index in [0.717, 1.165) is 44.5 Å². The van der Waals surface area contributed by atoms with Gasteiger partial charge in [0.2, 0.25) is 0 Å². The van der Waals surface area contributed by atoms with E-state index in [9.17, 15) is 9.59 Å². The summed E-state index contributed by atoms with van der Waals surface area (Å²) < 4.78 is 7.80. The number of thiocarbonyl (C=S) groups is 1. The van der Waals surface area contributed by atoms with Crippen LogP contribution in [0.3, 0.4) is 0 Å². The van der Waals surface area contributed by atoms with Crippen LogP contribution in [-0.4, -0.2) is 56.9 Å². The Morgan fingerprint density at radius 1 is 1.24 bits per heavy atom. The molecule has 0 aliphatic carbocycles. The van der Waals surface area contributed by atoms with Gasteiger partial charge in [-0.05, 0) is 55.7 Å². The summed E-state index contributed by atoms with van der Waals surface area (Å²) in [5.74, 6) is 1.49. The van der Waals surface area contributed by atoms with Crippen molar-refractivity contribution in [1.29, 1.82) is 0 Å². The van der Waals surface area contributed by atoms with Gasteiger partial charge in [-0.15, -0.1) is 0 Å². The third kappa shape index (κ3) is 4.53. The Morgan fingerprint density at radius 3 is 2.71 bits per heavy atom. The van der Waals surface area contributed by atoms with Gasteiger partial charge in [0.15, 0.2) is 0 Å². The average molecular weight is 499 g/mol. The van der Waals surface area contributed by atoms with Gasteiger partial charge in [-0.3, -0.25) is 18.9 Å². The predicted molar refractivity (Wildman–Crippen MR) is 140 cm³/mol. The molecule has 1 amide bonds. The van der Waals surface area contributed by atoms with Crippen LogP contribution in [0.15, 0.2) is 28.0 Å². The van der Waals surface area contributed by atoms with Crippen molar-refractivity contribution in [3.05, 3.63) is 44.7 Å². The number of carbonyl (C=O) groups is 1. The zero-order valence-electron chi connectivity index (χ0n) is 19.8. The number of fused-ring (bicyclic) bond motifs is 1. The van der Waals surface area contributed by atoms with E-state index in [2.05, 4.69) is 18.7 Å². The fraction of sp³-hybridized carbons (Fsp3) is 0.520. The second-order valence-electron chi connectivity index (χ2n) is 9.87. The summed E-state index contributed by atoms with van der Waals surface area (Å²) in [5, 5.41) is 0. The van der Waals surface area contributed by atoms with Gasteiger partial charge >= 0.3 is 0 Å². The molecule has 0 bridgehead atoms. The molecule has 5 heterocycles. The molecule has 3 atom stereocenters. The molecule has 3 saturated heterocycles. The number of hydrogen-bond acceptors (Lipinski definition) is 7. The molecular weight excluding hydrogens is 468 g/mol. The number of aromatic nitrogens is 2. The average Bonchev–Trinajstić information content (AvgIpc) is 3.39. The normalized spacial score (nSPS) is 26.9. The minimum atomic E-state index is -0.168. The summed E-state index contributed by atoms with van der Waals surface area (Å²) >= 11 is 6.78. The van der Waals surface area contributed by atoms with Crippen molar-refractivity contribution in [1.82, 2.24) is 14.3 Å². The van der Waals surface area contributed by atoms with Crippen molar-refractivity contribution >= 4 is 51.7 Å². The van der Waals surface area contributed by atoms with Gasteiger partial charge in [0, 0.05) is 25.9 Å². The van der Waals surface area contributed by atoms with Crippen LogP contribution in [0, 0.1) is 18.8 Å². The first-order valence-corrected chi connectivity index (χ1v) is 13.2. The number of hydrogen-bond donors (Lipinski definition) is 0. The summed E-state index contributed by atoms with van der Waals surface area (Å²) in [5.41, 5.74) is 1.86. The van der Waals surface area contributed by atoms with Crippen LogP contribution >= 0.6 is 24.0 Å². The largest absolute Gasteiger partial charge is 0.376 e. The number of ether oxygens (including phenoxy) is 1. The van der Waals surface area contributed by atoms with Crippen LogP contribution in [0.5, 0.6) is 0 Å². The standard InChI is InChI=1S/C25H30N4O3S2/c1-15-6-7-21-26-22(27-11-16(2)9-17(3)12-27)19(23(30)28(21)13-15)10-20-24(31)29(25(33)34-20)14-18-5-4-8-32-18/h6-7,10,13,16-18H,4-5,8-9,11-12,14H2,1-3H3/b20-10-/t16-,17+,18-/m0/s1. The van der Waals surface area contributed by atoms with Crippen LogP contribution in [0.1, 0.15) is 44.2 Å². The lowest BCUT2D eigenvalue weighted by Crippen LogP contribution is -2.40. The molecule has 5 rings (SSSR count). The highest BCUT2D eigenvalue weighted by molar-refractivity contribution is 8.26. The van der Waals surface area contributed by atoms with E-state index in [1.54, 1.807) is 21.6 Å². The van der Waals surface area contributed by atoms with Gasteiger partial charge in [-0.2, -0.15) is 0 Å². The van der Waals surface area contributed by atoms with Gasteiger partial charge in [0.25, 0.3) is 11.5 Å². The molecule has 34 heavy (non-hydrogen) atoms. The van der Waals surface area contributed by atoms with E-state index in [1.807, 2.05) is 19.1 Å². The SMILES string of the molecule is Cc1ccc2nc(N3C[C@H](C)C[C@H](C)C3)c(/C=C3\SC(=S)N(C[C@@H]4CCCO4)C3=O)c(=O)n2c1. The molecule has 0 unspecified atom stereocenters. The Kier molecular flexibility index (Phi) is 6.52. The number of aryl methyl sites for hydroxylation is 1. The van der Waals surface area contributed by atoms with Crippen molar-refractivity contribution in [2.24, 2.45) is 11.8 Å². The van der Waals surface area contributed by atoms with E-state index in [1.165, 1.54) is 11.8 Å². The maximum absolute atomic E-state index is 13.7. The molecule has 2 aromatic rings. The third-order valence-electron chi connectivity index (χ3n) is 6.71. The number of pyridine rings is 1. The number of amides is 1. The first-order valence-electron chi connectivity index (χ1n) is 11.9. The lowest BCUT2D eigenvalue weighted by Gasteiger charge is -2.36. The first-order chi connectivity index (χ1) is 16.3. The fourth-order valence-electron chi connectivity index (χ4n) is 5.23. The van der Waals surface area contributed by atoms with E-state index in [-0.39, 0.29) is 17.6 Å². The summed E-state index contributed by atoms with van der Waals surface area (Å²) in [6, 6.07) is 3.84. The van der Waals surface area contributed by atoms with Crippen LogP contribution in [-0.2, 0) is 9.53 Å². The predicted octanol–water partition coefficient (Wildman–Crippen LogP) is 3.87. The maximum Gasteiger partial charge on any atom is 0.267 e. The van der Waals surface area contributed by atoms with Crippen LogP contribution in [0.2, 0.25) is 0 Å². The minimum absolute atomic E-state index is 0.0182. The summed E-state index contributed by atoms with van der Waals surface area (Å²) in [6.45, 7) is 9.27. The summed E-state index contributed by atoms with van der Waals surface area (Å²) in [4.78, 5) is 36.2. The van der Waals surface area contributed by atoms with Crippen molar-refractivity contribution < 1.29 is 9.53 Å². The Balaban J connectivity index is 1.58. The van der Waals surface area contributed by atoms with Crippen molar-refractivity contribution in [3.63, 3.8) is 0 Å². The Labute approximate surface area is 209 Å². The number of rotatable bonds is 4. The Hall–Kier alpha value is -2.23. The molecule has 0 radical (unpaired) electrons. The molecule has 180 valence electrons. The molecule has 3 aliphatic heterocycles. The molecule has 3 fully saturated rings. The molecule has 2 aromatic heterocycles. The molecule has 0 spiro atoms. The zero-order valence-corrected chi connectivity index (χ0v) is 21.5. The Morgan fingerprint density at radius 2 is 2.00 bits per heavy atom. The molecule has 0 N–H and O–H groups in total. The van der Waals surface area contributed by atoms with Gasteiger partial charge in [0.1, 0.15) is 15.8 Å². The smallest absolute Gasteiger partial charge is 0.267 e. The number of carbonyl (C=O) groups excluding carboxylic acids is 1. The highest BCUT2D eigenvalue weighted by Gasteiger charge is 2.35. The topological polar surface area (TPSA) is 67.2 Å². The van der Waals surface area contributed by atoms with E-state index in [0.29, 0.717) is 44.6 Å². The number of anilines is 1. The molecule has 7 nitrogen and oxygen atoms in total. The number of thioether (sulfide) groups is 1. The molecule has 0 saturated carbocycles. The van der Waals surface area contributed by atoms with Gasteiger partial charge in [0.05, 0.1) is 23.1 Å². The van der Waals surface area contributed by atoms with Crippen LogP contribution < -0.4 is 10.5 Å². The summed E-state index contributed by atoms with van der Waals surface area (Å²) in [6.07, 6.45) is 6.61. The quantitative estimate of drug-likeness (QED) is 0.468. The van der Waals surface area contributed by atoms with Crippen molar-refractivity contribution in [2.45, 2.75) is 46.1 Å². The third-order valence-corrected chi connectivity index (χ3v) is 8.09. The van der Waals surface area contributed by atoms with Crippen molar-refractivity contribution in [2.75, 3.05) is 31.1 Å². The second kappa shape index (κ2) is 9.43. The molecule has 9 heteroatoms. The molecular formula is C25H30N4O3S2. The number of nitrogens with zero attached hydrogens (tertiary/aromatic N) is 4. The van der Waals surface area contributed by atoms with Gasteiger partial charge in [-0.1, -0.05) is 43.9 Å².